The Kier molecular flexibility index (Phi) is 5.14. The van der Waals surface area contributed by atoms with Crippen LogP contribution in [-0.2, 0) is 4.74 Å². The Balaban J connectivity index is 3.31. The molecule has 1 rings (SSSR count). The summed E-state index contributed by atoms with van der Waals surface area (Å²) in [7, 11) is 0. The molecule has 0 spiro atoms. The fourth-order valence-electron chi connectivity index (χ4n) is 1.24. The van der Waals surface area contributed by atoms with Crippen LogP contribution >= 0.6 is 24.4 Å². The molecule has 0 aliphatic carbocycles. The number of ether oxygens (including phenoxy) is 1. The van der Waals surface area contributed by atoms with Crippen molar-refractivity contribution in [2.75, 3.05) is 6.61 Å². The number of benzene rings is 1. The number of thiol groups is 1. The molecule has 0 amide bonds. The largest absolute Gasteiger partial charge is 0.462 e. The van der Waals surface area contributed by atoms with Gasteiger partial charge in [-0.25, -0.2) is 4.79 Å². The molecule has 0 unspecified atom stereocenters. The predicted octanol–water partition coefficient (Wildman–Crippen LogP) is 3.64. The molecule has 1 aromatic rings. The molecule has 0 bridgehead atoms. The second-order valence-corrected chi connectivity index (χ2v) is 4.83. The minimum absolute atomic E-state index is 0.0386. The standard InChI is InChI=1S/C11H8F3NO2S2/c1-2-17-10(16)7-4-8(18)6(5-15)3-9(7)19-11(12,13)14/h3-4,18H,2H2,1H3. The Morgan fingerprint density at radius 3 is 2.63 bits per heavy atom. The van der Waals surface area contributed by atoms with Gasteiger partial charge in [0, 0.05) is 9.79 Å². The molecule has 1 aromatic carbocycles. The molecule has 0 aliphatic rings. The normalized spacial score (nSPS) is 10.9. The summed E-state index contributed by atoms with van der Waals surface area (Å²) < 4.78 is 41.9. The highest BCUT2D eigenvalue weighted by Crippen LogP contribution is 2.40. The third-order valence-electron chi connectivity index (χ3n) is 1.94. The first-order valence-corrected chi connectivity index (χ1v) is 6.24. The Hall–Kier alpha value is -1.33. The number of nitriles is 1. The minimum Gasteiger partial charge on any atom is -0.462 e. The first-order valence-electron chi connectivity index (χ1n) is 4.98. The maximum Gasteiger partial charge on any atom is 0.446 e. The highest BCUT2D eigenvalue weighted by atomic mass is 32.2. The number of nitrogens with zero attached hydrogens (tertiary/aromatic N) is 1. The van der Waals surface area contributed by atoms with Gasteiger partial charge in [-0.15, -0.1) is 12.6 Å². The average Bonchev–Trinajstić information content (AvgIpc) is 2.29. The van der Waals surface area contributed by atoms with Crippen LogP contribution in [0.2, 0.25) is 0 Å². The van der Waals surface area contributed by atoms with Gasteiger partial charge in [0.15, 0.2) is 0 Å². The minimum atomic E-state index is -4.56. The van der Waals surface area contributed by atoms with Gasteiger partial charge in [-0.3, -0.25) is 0 Å². The lowest BCUT2D eigenvalue weighted by atomic mass is 10.1. The summed E-state index contributed by atoms with van der Waals surface area (Å²) in [5.74, 6) is -0.881. The van der Waals surface area contributed by atoms with E-state index in [1.807, 2.05) is 0 Å². The van der Waals surface area contributed by atoms with Crippen molar-refractivity contribution in [2.45, 2.75) is 22.2 Å². The highest BCUT2D eigenvalue weighted by Gasteiger charge is 2.32. The highest BCUT2D eigenvalue weighted by molar-refractivity contribution is 8.00. The van der Waals surface area contributed by atoms with Crippen LogP contribution in [0.3, 0.4) is 0 Å². The number of esters is 1. The lowest BCUT2D eigenvalue weighted by Gasteiger charge is -2.12. The van der Waals surface area contributed by atoms with Crippen LogP contribution in [-0.4, -0.2) is 18.1 Å². The number of alkyl halides is 3. The molecule has 0 N–H and O–H groups in total. The van der Waals surface area contributed by atoms with Gasteiger partial charge in [-0.05, 0) is 30.8 Å². The first-order chi connectivity index (χ1) is 8.78. The summed E-state index contributed by atoms with van der Waals surface area (Å²) in [5, 5.41) is 8.77. The molecule has 0 aliphatic heterocycles. The monoisotopic (exact) mass is 307 g/mol. The van der Waals surface area contributed by atoms with Gasteiger partial charge < -0.3 is 4.74 Å². The lowest BCUT2D eigenvalue weighted by Crippen LogP contribution is -2.09. The number of carbonyl (C=O) groups excluding carboxylic acids is 1. The summed E-state index contributed by atoms with van der Waals surface area (Å²) in [4.78, 5) is 11.3. The van der Waals surface area contributed by atoms with Crippen molar-refractivity contribution < 1.29 is 22.7 Å². The Morgan fingerprint density at radius 1 is 1.53 bits per heavy atom. The fourth-order valence-corrected chi connectivity index (χ4v) is 2.16. The van der Waals surface area contributed by atoms with Gasteiger partial charge in [0.05, 0.1) is 17.7 Å². The number of hydrogen-bond donors (Lipinski definition) is 1. The molecule has 8 heteroatoms. The molecular weight excluding hydrogens is 299 g/mol. The maximum atomic E-state index is 12.4. The molecule has 0 saturated carbocycles. The molecule has 0 heterocycles. The summed E-state index contributed by atoms with van der Waals surface area (Å²) in [6.45, 7) is 1.58. The van der Waals surface area contributed by atoms with Crippen molar-refractivity contribution >= 4 is 30.4 Å². The van der Waals surface area contributed by atoms with E-state index in [1.54, 1.807) is 13.0 Å². The fraction of sp³-hybridized carbons (Fsp3) is 0.273. The number of hydrogen-bond acceptors (Lipinski definition) is 5. The lowest BCUT2D eigenvalue weighted by molar-refractivity contribution is -0.0328. The van der Waals surface area contributed by atoms with E-state index in [1.165, 1.54) is 0 Å². The Bertz CT molecular complexity index is 538. The Morgan fingerprint density at radius 2 is 2.16 bits per heavy atom. The molecule has 102 valence electrons. The van der Waals surface area contributed by atoms with Gasteiger partial charge in [0.1, 0.15) is 6.07 Å². The molecule has 0 saturated heterocycles. The quantitative estimate of drug-likeness (QED) is 0.526. The zero-order valence-electron chi connectivity index (χ0n) is 9.61. The molecule has 19 heavy (non-hydrogen) atoms. The molecule has 0 atom stereocenters. The number of carbonyl (C=O) groups is 1. The van der Waals surface area contributed by atoms with Crippen LogP contribution in [0.15, 0.2) is 21.9 Å². The SMILES string of the molecule is CCOC(=O)c1cc(S)c(C#N)cc1SC(F)(F)F. The van der Waals surface area contributed by atoms with E-state index >= 15 is 0 Å². The van der Waals surface area contributed by atoms with Crippen molar-refractivity contribution in [3.05, 3.63) is 23.3 Å². The van der Waals surface area contributed by atoms with Gasteiger partial charge in [0.2, 0.25) is 0 Å². The van der Waals surface area contributed by atoms with Crippen molar-refractivity contribution in [1.29, 1.82) is 5.26 Å². The van der Waals surface area contributed by atoms with Crippen molar-refractivity contribution in [3.63, 3.8) is 0 Å². The van der Waals surface area contributed by atoms with Crippen LogP contribution in [0.4, 0.5) is 13.2 Å². The van der Waals surface area contributed by atoms with Crippen molar-refractivity contribution in [2.24, 2.45) is 0 Å². The van der Waals surface area contributed by atoms with Crippen molar-refractivity contribution in [1.82, 2.24) is 0 Å². The van der Waals surface area contributed by atoms with Gasteiger partial charge in [-0.1, -0.05) is 0 Å². The summed E-state index contributed by atoms with van der Waals surface area (Å²) in [5.41, 5.74) is -4.86. The maximum absolute atomic E-state index is 12.4. The van der Waals surface area contributed by atoms with E-state index in [0.717, 1.165) is 12.1 Å². The van der Waals surface area contributed by atoms with Crippen LogP contribution in [0, 0.1) is 11.3 Å². The molecular formula is C11H8F3NO2S2. The van der Waals surface area contributed by atoms with Gasteiger partial charge in [0.25, 0.3) is 0 Å². The van der Waals surface area contributed by atoms with E-state index in [2.05, 4.69) is 17.4 Å². The molecule has 0 fully saturated rings. The van der Waals surface area contributed by atoms with Crippen molar-refractivity contribution in [3.8, 4) is 6.07 Å². The van der Waals surface area contributed by atoms with Crippen LogP contribution in [0.1, 0.15) is 22.8 Å². The van der Waals surface area contributed by atoms with E-state index < -0.39 is 23.2 Å². The molecule has 3 nitrogen and oxygen atoms in total. The summed E-state index contributed by atoms with van der Waals surface area (Å²) >= 11 is 3.48. The van der Waals surface area contributed by atoms with Crippen LogP contribution in [0.5, 0.6) is 0 Å². The van der Waals surface area contributed by atoms with E-state index in [4.69, 9.17) is 5.26 Å². The second-order valence-electron chi connectivity index (χ2n) is 3.25. The zero-order valence-corrected chi connectivity index (χ0v) is 11.3. The van der Waals surface area contributed by atoms with Crippen LogP contribution < -0.4 is 0 Å². The summed E-state index contributed by atoms with van der Waals surface area (Å²) in [6, 6.07) is 3.79. The smallest absolute Gasteiger partial charge is 0.446 e. The number of thioether (sulfide) groups is 1. The number of rotatable bonds is 3. The van der Waals surface area contributed by atoms with Gasteiger partial charge in [-0.2, -0.15) is 18.4 Å². The van der Waals surface area contributed by atoms with E-state index in [9.17, 15) is 18.0 Å². The zero-order chi connectivity index (χ0) is 14.6. The van der Waals surface area contributed by atoms with E-state index in [-0.39, 0.29) is 27.5 Å². The van der Waals surface area contributed by atoms with E-state index in [0.29, 0.717) is 0 Å². The number of halogens is 3. The summed E-state index contributed by atoms with van der Waals surface area (Å²) in [6.07, 6.45) is 0. The van der Waals surface area contributed by atoms with Crippen LogP contribution in [0.25, 0.3) is 0 Å². The molecule has 0 radical (unpaired) electrons. The van der Waals surface area contributed by atoms with Gasteiger partial charge >= 0.3 is 11.5 Å². The first kappa shape index (κ1) is 15.7. The predicted molar refractivity (Wildman–Crippen MR) is 66.3 cm³/mol. The topological polar surface area (TPSA) is 50.1 Å². The average molecular weight is 307 g/mol. The third kappa shape index (κ3) is 4.36. The molecule has 0 aromatic heterocycles. The third-order valence-corrected chi connectivity index (χ3v) is 3.10. The second kappa shape index (κ2) is 6.21. The Labute approximate surface area is 117 Å².